The lowest BCUT2D eigenvalue weighted by atomic mass is 9.93. The standard InChI is InChI=1S/C20H27N/c1-14(2)20(18-9-7-6-8-10-18)21-17(5)19-12-11-15(3)13-16(19)4/h6-14,17,20-21H,1-5H3. The van der Waals surface area contributed by atoms with Crippen LogP contribution in [0.5, 0.6) is 0 Å². The molecule has 0 aliphatic carbocycles. The van der Waals surface area contributed by atoms with Gasteiger partial charge in [0.2, 0.25) is 0 Å². The Labute approximate surface area is 129 Å². The zero-order valence-electron chi connectivity index (χ0n) is 13.9. The second-order valence-electron chi connectivity index (χ2n) is 6.38. The maximum Gasteiger partial charge on any atom is 0.0348 e. The fourth-order valence-corrected chi connectivity index (χ4v) is 3.00. The third kappa shape index (κ3) is 3.95. The molecule has 0 aliphatic rings. The zero-order valence-corrected chi connectivity index (χ0v) is 13.9. The van der Waals surface area contributed by atoms with E-state index in [1.807, 2.05) is 0 Å². The van der Waals surface area contributed by atoms with Gasteiger partial charge in [0.15, 0.2) is 0 Å². The lowest BCUT2D eigenvalue weighted by molar-refractivity contribution is 0.374. The van der Waals surface area contributed by atoms with Gasteiger partial charge in [-0.15, -0.1) is 0 Å². The molecule has 0 saturated heterocycles. The van der Waals surface area contributed by atoms with Crippen LogP contribution in [0.15, 0.2) is 48.5 Å². The van der Waals surface area contributed by atoms with Crippen molar-refractivity contribution in [2.45, 2.75) is 46.7 Å². The molecule has 0 saturated carbocycles. The quantitative estimate of drug-likeness (QED) is 0.779. The highest BCUT2D eigenvalue weighted by Gasteiger charge is 2.19. The molecule has 0 fully saturated rings. The number of benzene rings is 2. The van der Waals surface area contributed by atoms with Gasteiger partial charge in [0.05, 0.1) is 0 Å². The molecule has 0 amide bonds. The van der Waals surface area contributed by atoms with Crippen LogP contribution in [0.2, 0.25) is 0 Å². The molecular weight excluding hydrogens is 254 g/mol. The summed E-state index contributed by atoms with van der Waals surface area (Å²) in [6.07, 6.45) is 0. The summed E-state index contributed by atoms with van der Waals surface area (Å²) in [5, 5.41) is 3.81. The van der Waals surface area contributed by atoms with Crippen molar-refractivity contribution >= 4 is 0 Å². The molecule has 2 rings (SSSR count). The van der Waals surface area contributed by atoms with Crippen molar-refractivity contribution in [3.05, 3.63) is 70.8 Å². The highest BCUT2D eigenvalue weighted by Crippen LogP contribution is 2.27. The largest absolute Gasteiger partial charge is 0.303 e. The molecule has 0 spiro atoms. The van der Waals surface area contributed by atoms with Crippen LogP contribution in [0.4, 0.5) is 0 Å². The minimum absolute atomic E-state index is 0.346. The van der Waals surface area contributed by atoms with Crippen LogP contribution in [0.25, 0.3) is 0 Å². The topological polar surface area (TPSA) is 12.0 Å². The maximum atomic E-state index is 3.81. The summed E-state index contributed by atoms with van der Waals surface area (Å²) < 4.78 is 0. The summed E-state index contributed by atoms with van der Waals surface area (Å²) in [5.41, 5.74) is 5.45. The first kappa shape index (κ1) is 15.8. The molecule has 2 aromatic rings. The summed E-state index contributed by atoms with van der Waals surface area (Å²) in [6.45, 7) is 11.2. The van der Waals surface area contributed by atoms with E-state index >= 15 is 0 Å². The van der Waals surface area contributed by atoms with E-state index in [1.165, 1.54) is 22.3 Å². The van der Waals surface area contributed by atoms with Gasteiger partial charge in [-0.3, -0.25) is 0 Å². The van der Waals surface area contributed by atoms with Gasteiger partial charge < -0.3 is 5.32 Å². The average molecular weight is 281 g/mol. The molecule has 0 aromatic heterocycles. The van der Waals surface area contributed by atoms with Crippen molar-refractivity contribution in [1.29, 1.82) is 0 Å². The Morgan fingerprint density at radius 3 is 2.10 bits per heavy atom. The summed E-state index contributed by atoms with van der Waals surface area (Å²) in [7, 11) is 0. The molecule has 2 unspecified atom stereocenters. The van der Waals surface area contributed by atoms with Crippen molar-refractivity contribution in [2.24, 2.45) is 5.92 Å². The Bertz CT molecular complexity index is 572. The fraction of sp³-hybridized carbons (Fsp3) is 0.400. The first-order chi connectivity index (χ1) is 9.99. The summed E-state index contributed by atoms with van der Waals surface area (Å²) in [4.78, 5) is 0. The van der Waals surface area contributed by atoms with Crippen LogP contribution in [-0.4, -0.2) is 0 Å². The molecule has 1 N–H and O–H groups in total. The summed E-state index contributed by atoms with van der Waals surface area (Å²) in [6, 6.07) is 18.2. The molecular formula is C20H27N. The smallest absolute Gasteiger partial charge is 0.0348 e. The van der Waals surface area contributed by atoms with E-state index in [4.69, 9.17) is 0 Å². The fourth-order valence-electron chi connectivity index (χ4n) is 3.00. The van der Waals surface area contributed by atoms with Crippen LogP contribution in [0, 0.1) is 19.8 Å². The lowest BCUT2D eigenvalue weighted by Gasteiger charge is -2.28. The zero-order chi connectivity index (χ0) is 15.4. The molecule has 0 aliphatic heterocycles. The number of rotatable bonds is 5. The maximum absolute atomic E-state index is 3.81. The minimum Gasteiger partial charge on any atom is -0.303 e. The summed E-state index contributed by atoms with van der Waals surface area (Å²) >= 11 is 0. The van der Waals surface area contributed by atoms with Gasteiger partial charge in [-0.2, -0.15) is 0 Å². The van der Waals surface area contributed by atoms with Crippen LogP contribution in [-0.2, 0) is 0 Å². The Morgan fingerprint density at radius 2 is 1.52 bits per heavy atom. The van der Waals surface area contributed by atoms with Crippen molar-refractivity contribution in [3.8, 4) is 0 Å². The number of hydrogen-bond acceptors (Lipinski definition) is 1. The highest BCUT2D eigenvalue weighted by atomic mass is 15.0. The predicted molar refractivity (Wildman–Crippen MR) is 91.5 cm³/mol. The van der Waals surface area contributed by atoms with Crippen molar-refractivity contribution < 1.29 is 0 Å². The number of hydrogen-bond donors (Lipinski definition) is 1. The van der Waals surface area contributed by atoms with E-state index in [0.717, 1.165) is 0 Å². The normalized spacial score (nSPS) is 14.2. The molecule has 0 heterocycles. The van der Waals surface area contributed by atoms with Gasteiger partial charge >= 0.3 is 0 Å². The molecule has 2 aromatic carbocycles. The van der Waals surface area contributed by atoms with Crippen molar-refractivity contribution in [2.75, 3.05) is 0 Å². The molecule has 0 radical (unpaired) electrons. The number of nitrogens with one attached hydrogen (secondary N) is 1. The van der Waals surface area contributed by atoms with Crippen LogP contribution >= 0.6 is 0 Å². The molecule has 21 heavy (non-hydrogen) atoms. The average Bonchev–Trinajstić information content (AvgIpc) is 2.45. The predicted octanol–water partition coefficient (Wildman–Crippen LogP) is 5.35. The lowest BCUT2D eigenvalue weighted by Crippen LogP contribution is -2.28. The van der Waals surface area contributed by atoms with Gasteiger partial charge in [0, 0.05) is 12.1 Å². The van der Waals surface area contributed by atoms with Gasteiger partial charge in [-0.1, -0.05) is 67.9 Å². The molecule has 0 bridgehead atoms. The van der Waals surface area contributed by atoms with Crippen LogP contribution in [0.3, 0.4) is 0 Å². The van der Waals surface area contributed by atoms with E-state index in [1.54, 1.807) is 0 Å². The Kier molecular flexibility index (Phi) is 5.19. The van der Waals surface area contributed by atoms with Crippen molar-refractivity contribution in [3.63, 3.8) is 0 Å². The van der Waals surface area contributed by atoms with E-state index in [0.29, 0.717) is 18.0 Å². The monoisotopic (exact) mass is 281 g/mol. The second-order valence-corrected chi connectivity index (χ2v) is 6.38. The Hall–Kier alpha value is -1.60. The van der Waals surface area contributed by atoms with Crippen LogP contribution < -0.4 is 5.32 Å². The number of aryl methyl sites for hydroxylation is 2. The SMILES string of the molecule is Cc1ccc(C(C)NC(c2ccccc2)C(C)C)c(C)c1. The minimum atomic E-state index is 0.346. The van der Waals surface area contributed by atoms with Crippen molar-refractivity contribution in [1.82, 2.24) is 5.32 Å². The van der Waals surface area contributed by atoms with E-state index in [-0.39, 0.29) is 0 Å². The van der Waals surface area contributed by atoms with E-state index in [2.05, 4.69) is 88.5 Å². The Morgan fingerprint density at radius 1 is 0.857 bits per heavy atom. The molecule has 1 heteroatoms. The molecule has 1 nitrogen and oxygen atoms in total. The van der Waals surface area contributed by atoms with E-state index < -0.39 is 0 Å². The van der Waals surface area contributed by atoms with E-state index in [9.17, 15) is 0 Å². The first-order valence-corrected chi connectivity index (χ1v) is 7.87. The molecule has 112 valence electrons. The van der Waals surface area contributed by atoms with Gasteiger partial charge in [0.1, 0.15) is 0 Å². The van der Waals surface area contributed by atoms with Crippen LogP contribution in [0.1, 0.15) is 55.1 Å². The molecule has 2 atom stereocenters. The van der Waals surface area contributed by atoms with Gasteiger partial charge in [-0.05, 0) is 43.4 Å². The Balaban J connectivity index is 2.21. The summed E-state index contributed by atoms with van der Waals surface area (Å²) in [5.74, 6) is 0.556. The van der Waals surface area contributed by atoms with Gasteiger partial charge in [0.25, 0.3) is 0 Å². The highest BCUT2D eigenvalue weighted by molar-refractivity contribution is 5.33. The second kappa shape index (κ2) is 6.91. The first-order valence-electron chi connectivity index (χ1n) is 7.87. The third-order valence-corrected chi connectivity index (χ3v) is 4.15. The third-order valence-electron chi connectivity index (χ3n) is 4.15. The van der Waals surface area contributed by atoms with Gasteiger partial charge in [-0.25, -0.2) is 0 Å².